The lowest BCUT2D eigenvalue weighted by Crippen LogP contribution is -2.49. The quantitative estimate of drug-likeness (QED) is 0.765. The molecule has 0 bridgehead atoms. The van der Waals surface area contributed by atoms with E-state index in [1.165, 1.54) is 4.90 Å². The van der Waals surface area contributed by atoms with Gasteiger partial charge in [-0.2, -0.15) is 0 Å². The second-order valence-corrected chi connectivity index (χ2v) is 7.02. The Morgan fingerprint density at radius 2 is 1.92 bits per heavy atom. The summed E-state index contributed by atoms with van der Waals surface area (Å²) in [6.45, 7) is 1.10. The number of imide groups is 1. The molecule has 3 aliphatic rings. The molecule has 1 aromatic rings. The van der Waals surface area contributed by atoms with Crippen LogP contribution in [0, 0.1) is 5.92 Å². The molecule has 0 aromatic heterocycles. The number of rotatable bonds is 5. The average molecular weight is 342 g/mol. The van der Waals surface area contributed by atoms with Gasteiger partial charge in [-0.3, -0.25) is 14.4 Å². The van der Waals surface area contributed by atoms with Gasteiger partial charge >= 0.3 is 0 Å². The molecule has 3 fully saturated rings. The Labute approximate surface area is 146 Å². The number of amides is 3. The molecule has 2 unspecified atom stereocenters. The summed E-state index contributed by atoms with van der Waals surface area (Å²) in [7, 11) is 0. The number of benzene rings is 1. The zero-order chi connectivity index (χ0) is 17.4. The summed E-state index contributed by atoms with van der Waals surface area (Å²) >= 11 is 0. The molecule has 132 valence electrons. The van der Waals surface area contributed by atoms with Gasteiger partial charge in [0.25, 0.3) is 5.91 Å². The van der Waals surface area contributed by atoms with E-state index in [2.05, 4.69) is 0 Å². The van der Waals surface area contributed by atoms with Crippen molar-refractivity contribution in [2.75, 3.05) is 18.1 Å². The number of hydrogen-bond donors (Lipinski definition) is 0. The number of carbonyl (C=O) groups excluding carboxylic acids is 3. The lowest BCUT2D eigenvalue weighted by Gasteiger charge is -2.30. The lowest BCUT2D eigenvalue weighted by molar-refractivity contribution is -0.141. The third-order valence-corrected chi connectivity index (χ3v) is 5.15. The van der Waals surface area contributed by atoms with E-state index in [0.29, 0.717) is 18.8 Å². The minimum atomic E-state index is -0.704. The average Bonchev–Trinajstić information content (AvgIpc) is 3.27. The minimum Gasteiger partial charge on any atom is -0.376 e. The molecule has 6 nitrogen and oxygen atoms in total. The fraction of sp³-hybridized carbons (Fsp3) is 0.526. The van der Waals surface area contributed by atoms with Gasteiger partial charge in [-0.1, -0.05) is 18.2 Å². The molecule has 0 radical (unpaired) electrons. The topological polar surface area (TPSA) is 66.9 Å². The lowest BCUT2D eigenvalue weighted by atomic mass is 10.1. The Hall–Kier alpha value is -2.21. The number of anilines is 1. The van der Waals surface area contributed by atoms with Crippen molar-refractivity contribution in [3.05, 3.63) is 30.3 Å². The van der Waals surface area contributed by atoms with Crippen LogP contribution >= 0.6 is 0 Å². The maximum atomic E-state index is 12.9. The Bertz CT molecular complexity index is 680. The zero-order valence-electron chi connectivity index (χ0n) is 14.1. The third-order valence-electron chi connectivity index (χ3n) is 5.15. The molecule has 2 saturated heterocycles. The van der Waals surface area contributed by atoms with Gasteiger partial charge in [0.2, 0.25) is 11.8 Å². The van der Waals surface area contributed by atoms with Gasteiger partial charge in [-0.05, 0) is 37.8 Å². The van der Waals surface area contributed by atoms with Crippen LogP contribution in [0.5, 0.6) is 0 Å². The van der Waals surface area contributed by atoms with E-state index in [4.69, 9.17) is 4.74 Å². The van der Waals surface area contributed by atoms with Crippen molar-refractivity contribution in [1.82, 2.24) is 4.90 Å². The maximum Gasteiger partial charge on any atom is 0.257 e. The molecule has 2 aliphatic heterocycles. The highest BCUT2D eigenvalue weighted by Gasteiger charge is 2.47. The molecular formula is C19H22N2O4. The number of para-hydroxylation sites is 1. The standard InChI is InChI=1S/C19H22N2O4/c22-17-11-16(19(24)21(17)14-5-2-1-3-6-14)20(18(23)13-8-9-13)12-15-7-4-10-25-15/h1-3,5-6,13,15-16H,4,7-12H2. The first kappa shape index (κ1) is 16.3. The summed E-state index contributed by atoms with van der Waals surface area (Å²) in [4.78, 5) is 41.0. The summed E-state index contributed by atoms with van der Waals surface area (Å²) in [6.07, 6.45) is 3.64. The summed E-state index contributed by atoms with van der Waals surface area (Å²) in [5.41, 5.74) is 0.566. The van der Waals surface area contributed by atoms with Crippen LogP contribution in [0.3, 0.4) is 0 Å². The molecule has 2 heterocycles. The highest BCUT2D eigenvalue weighted by atomic mass is 16.5. The summed E-state index contributed by atoms with van der Waals surface area (Å²) < 4.78 is 5.66. The van der Waals surface area contributed by atoms with Crippen LogP contribution in [0.4, 0.5) is 5.69 Å². The van der Waals surface area contributed by atoms with Crippen LogP contribution in [-0.4, -0.2) is 47.9 Å². The van der Waals surface area contributed by atoms with Gasteiger partial charge in [0.1, 0.15) is 6.04 Å². The molecule has 2 atom stereocenters. The van der Waals surface area contributed by atoms with Gasteiger partial charge < -0.3 is 9.64 Å². The predicted octanol–water partition coefficient (Wildman–Crippen LogP) is 1.74. The SMILES string of the molecule is O=C1CC(N(CC2CCCO2)C(=O)C2CC2)C(=O)N1c1ccccc1. The number of hydrogen-bond acceptors (Lipinski definition) is 4. The Balaban J connectivity index is 1.57. The van der Waals surface area contributed by atoms with Crippen LogP contribution < -0.4 is 4.90 Å². The van der Waals surface area contributed by atoms with E-state index in [1.54, 1.807) is 29.2 Å². The van der Waals surface area contributed by atoms with Crippen LogP contribution in [-0.2, 0) is 19.1 Å². The molecule has 25 heavy (non-hydrogen) atoms. The first-order valence-electron chi connectivity index (χ1n) is 8.99. The molecule has 0 N–H and O–H groups in total. The van der Waals surface area contributed by atoms with Gasteiger partial charge in [0.15, 0.2) is 0 Å². The van der Waals surface area contributed by atoms with Gasteiger partial charge in [-0.25, -0.2) is 4.90 Å². The van der Waals surface area contributed by atoms with Crippen molar-refractivity contribution >= 4 is 23.4 Å². The largest absolute Gasteiger partial charge is 0.376 e. The van der Waals surface area contributed by atoms with Crippen molar-refractivity contribution in [2.24, 2.45) is 5.92 Å². The maximum absolute atomic E-state index is 12.9. The Morgan fingerprint density at radius 3 is 2.56 bits per heavy atom. The predicted molar refractivity (Wildman–Crippen MR) is 90.8 cm³/mol. The third kappa shape index (κ3) is 3.18. The van der Waals surface area contributed by atoms with E-state index in [-0.39, 0.29) is 36.2 Å². The molecule has 1 aliphatic carbocycles. The van der Waals surface area contributed by atoms with Crippen molar-refractivity contribution in [1.29, 1.82) is 0 Å². The molecule has 1 saturated carbocycles. The van der Waals surface area contributed by atoms with Crippen LogP contribution in [0.1, 0.15) is 32.1 Å². The van der Waals surface area contributed by atoms with E-state index < -0.39 is 6.04 Å². The first-order chi connectivity index (χ1) is 12.1. The molecule has 1 aromatic carbocycles. The van der Waals surface area contributed by atoms with Crippen molar-refractivity contribution in [2.45, 2.75) is 44.2 Å². The molecule has 3 amide bonds. The number of nitrogens with zero attached hydrogens (tertiary/aromatic N) is 2. The minimum absolute atomic E-state index is 0.00318. The first-order valence-corrected chi connectivity index (χ1v) is 8.99. The summed E-state index contributed by atoms with van der Waals surface area (Å²) in [5, 5.41) is 0. The highest BCUT2D eigenvalue weighted by Crippen LogP contribution is 2.34. The van der Waals surface area contributed by atoms with Crippen LogP contribution in [0.25, 0.3) is 0 Å². The van der Waals surface area contributed by atoms with Gasteiger partial charge in [0, 0.05) is 19.1 Å². The van der Waals surface area contributed by atoms with E-state index in [0.717, 1.165) is 25.7 Å². The van der Waals surface area contributed by atoms with E-state index >= 15 is 0 Å². The molecule has 6 heteroatoms. The molecular weight excluding hydrogens is 320 g/mol. The smallest absolute Gasteiger partial charge is 0.257 e. The summed E-state index contributed by atoms with van der Waals surface area (Å²) in [6, 6.07) is 8.21. The van der Waals surface area contributed by atoms with E-state index in [1.807, 2.05) is 6.07 Å². The summed E-state index contributed by atoms with van der Waals surface area (Å²) in [5.74, 6) is -0.544. The fourth-order valence-corrected chi connectivity index (χ4v) is 3.65. The van der Waals surface area contributed by atoms with Gasteiger partial charge in [-0.15, -0.1) is 0 Å². The van der Waals surface area contributed by atoms with Gasteiger partial charge in [0.05, 0.1) is 18.2 Å². The number of ether oxygens (including phenoxy) is 1. The van der Waals surface area contributed by atoms with Crippen LogP contribution in [0.2, 0.25) is 0 Å². The molecule has 0 spiro atoms. The number of carbonyl (C=O) groups is 3. The van der Waals surface area contributed by atoms with Crippen molar-refractivity contribution < 1.29 is 19.1 Å². The molecule has 4 rings (SSSR count). The second kappa shape index (κ2) is 6.59. The second-order valence-electron chi connectivity index (χ2n) is 7.02. The zero-order valence-corrected chi connectivity index (χ0v) is 14.1. The van der Waals surface area contributed by atoms with Crippen molar-refractivity contribution in [3.8, 4) is 0 Å². The van der Waals surface area contributed by atoms with Crippen LogP contribution in [0.15, 0.2) is 30.3 Å². The monoisotopic (exact) mass is 342 g/mol. The highest BCUT2D eigenvalue weighted by molar-refractivity contribution is 6.23. The van der Waals surface area contributed by atoms with Crippen molar-refractivity contribution in [3.63, 3.8) is 0 Å². The fourth-order valence-electron chi connectivity index (χ4n) is 3.65. The normalized spacial score (nSPS) is 26.3. The Morgan fingerprint density at radius 1 is 1.16 bits per heavy atom. The Kier molecular flexibility index (Phi) is 4.29. The van der Waals surface area contributed by atoms with E-state index in [9.17, 15) is 14.4 Å².